The predicted octanol–water partition coefficient (Wildman–Crippen LogP) is 3.43. The Bertz CT molecular complexity index is 395. The average Bonchev–Trinajstić information content (AvgIpc) is 2.29. The van der Waals surface area contributed by atoms with Crippen molar-refractivity contribution >= 4 is 11.6 Å². The molecule has 0 aliphatic heterocycles. The zero-order valence-electron chi connectivity index (χ0n) is 10.7. The summed E-state index contributed by atoms with van der Waals surface area (Å²) in [6.45, 7) is 1.45. The summed E-state index contributed by atoms with van der Waals surface area (Å²) in [5.74, 6) is 0.950. The minimum atomic E-state index is -0.201. The lowest BCUT2D eigenvalue weighted by molar-refractivity contribution is 0.126. The lowest BCUT2D eigenvalue weighted by atomic mass is 9.91. The van der Waals surface area contributed by atoms with E-state index in [0.717, 1.165) is 6.54 Å². The topological polar surface area (TPSA) is 12.5 Å². The van der Waals surface area contributed by atoms with Crippen LogP contribution in [0.5, 0.6) is 5.75 Å². The van der Waals surface area contributed by atoms with E-state index in [1.807, 2.05) is 0 Å². The standard InChI is InChI=1S/C14H19ClFNO/c1-18-13-6-5-11(14(16)9-13)10-17(8-7-15)12-3-2-4-12/h5-6,9,12H,2-4,7-8,10H2,1H3. The number of hydrogen-bond acceptors (Lipinski definition) is 2. The van der Waals surface area contributed by atoms with Crippen LogP contribution in [0.2, 0.25) is 0 Å². The predicted molar refractivity (Wildman–Crippen MR) is 71.7 cm³/mol. The molecule has 0 heterocycles. The van der Waals surface area contributed by atoms with Gasteiger partial charge in [0.1, 0.15) is 11.6 Å². The van der Waals surface area contributed by atoms with Crippen LogP contribution in [-0.4, -0.2) is 30.5 Å². The van der Waals surface area contributed by atoms with Gasteiger partial charge in [0.05, 0.1) is 7.11 Å². The molecular formula is C14H19ClFNO. The third-order valence-electron chi connectivity index (χ3n) is 3.60. The average molecular weight is 272 g/mol. The first-order chi connectivity index (χ1) is 8.74. The van der Waals surface area contributed by atoms with Crippen LogP contribution < -0.4 is 4.74 Å². The zero-order valence-corrected chi connectivity index (χ0v) is 11.4. The van der Waals surface area contributed by atoms with Crippen molar-refractivity contribution < 1.29 is 9.13 Å². The van der Waals surface area contributed by atoms with Gasteiger partial charge in [0.2, 0.25) is 0 Å². The summed E-state index contributed by atoms with van der Waals surface area (Å²) in [7, 11) is 1.54. The first-order valence-electron chi connectivity index (χ1n) is 6.37. The van der Waals surface area contributed by atoms with Gasteiger partial charge in [0, 0.05) is 36.6 Å². The van der Waals surface area contributed by atoms with E-state index in [2.05, 4.69) is 4.90 Å². The first kappa shape index (κ1) is 13.6. The molecule has 2 nitrogen and oxygen atoms in total. The van der Waals surface area contributed by atoms with E-state index >= 15 is 0 Å². The van der Waals surface area contributed by atoms with Crippen LogP contribution >= 0.6 is 11.6 Å². The summed E-state index contributed by atoms with van der Waals surface area (Å²) in [4.78, 5) is 2.28. The van der Waals surface area contributed by atoms with Gasteiger partial charge in [-0.1, -0.05) is 12.5 Å². The second-order valence-electron chi connectivity index (χ2n) is 4.70. The van der Waals surface area contributed by atoms with Crippen molar-refractivity contribution in [2.75, 3.05) is 19.5 Å². The molecule has 2 rings (SSSR count). The summed E-state index contributed by atoms with van der Waals surface area (Å²) < 4.78 is 18.9. The summed E-state index contributed by atoms with van der Waals surface area (Å²) in [5, 5.41) is 0. The molecule has 100 valence electrons. The monoisotopic (exact) mass is 271 g/mol. The molecule has 4 heteroatoms. The Labute approximate surface area is 113 Å². The second-order valence-corrected chi connectivity index (χ2v) is 5.08. The van der Waals surface area contributed by atoms with Crippen molar-refractivity contribution in [2.45, 2.75) is 31.8 Å². The van der Waals surface area contributed by atoms with Crippen molar-refractivity contribution in [1.29, 1.82) is 0 Å². The maximum absolute atomic E-state index is 13.9. The van der Waals surface area contributed by atoms with Crippen LogP contribution in [0.4, 0.5) is 4.39 Å². The highest BCUT2D eigenvalue weighted by atomic mass is 35.5. The van der Waals surface area contributed by atoms with Crippen LogP contribution in [0.25, 0.3) is 0 Å². The van der Waals surface area contributed by atoms with Crippen LogP contribution in [0.15, 0.2) is 18.2 Å². The van der Waals surface area contributed by atoms with Gasteiger partial charge in [0.25, 0.3) is 0 Å². The van der Waals surface area contributed by atoms with E-state index in [0.29, 0.717) is 29.8 Å². The Balaban J connectivity index is 2.05. The SMILES string of the molecule is COc1ccc(CN(CCCl)C2CCC2)c(F)c1. The molecule has 0 spiro atoms. The van der Waals surface area contributed by atoms with Crippen LogP contribution in [0.1, 0.15) is 24.8 Å². The van der Waals surface area contributed by atoms with Crippen LogP contribution in [0, 0.1) is 5.82 Å². The summed E-state index contributed by atoms with van der Waals surface area (Å²) >= 11 is 5.82. The number of hydrogen-bond donors (Lipinski definition) is 0. The van der Waals surface area contributed by atoms with Crippen molar-refractivity contribution in [2.24, 2.45) is 0 Å². The molecule has 0 N–H and O–H groups in total. The summed E-state index contributed by atoms with van der Waals surface area (Å²) in [6, 6.07) is 5.62. The van der Waals surface area contributed by atoms with Crippen molar-refractivity contribution in [1.82, 2.24) is 4.90 Å². The number of methoxy groups -OCH3 is 1. The molecule has 0 bridgehead atoms. The molecular weight excluding hydrogens is 253 g/mol. The first-order valence-corrected chi connectivity index (χ1v) is 6.90. The molecule has 18 heavy (non-hydrogen) atoms. The number of benzene rings is 1. The molecule has 1 aromatic rings. The van der Waals surface area contributed by atoms with E-state index < -0.39 is 0 Å². The van der Waals surface area contributed by atoms with E-state index in [1.165, 1.54) is 25.3 Å². The Morgan fingerprint density at radius 1 is 1.44 bits per heavy atom. The van der Waals surface area contributed by atoms with Gasteiger partial charge in [-0.3, -0.25) is 4.90 Å². The molecule has 0 amide bonds. The fourth-order valence-corrected chi connectivity index (χ4v) is 2.47. The Morgan fingerprint density at radius 3 is 2.72 bits per heavy atom. The molecule has 0 aromatic heterocycles. The van der Waals surface area contributed by atoms with Gasteiger partial charge in [-0.15, -0.1) is 11.6 Å². The summed E-state index contributed by atoms with van der Waals surface area (Å²) in [5.41, 5.74) is 0.716. The van der Waals surface area contributed by atoms with E-state index in [4.69, 9.17) is 16.3 Å². The molecule has 0 atom stereocenters. The molecule has 1 aliphatic carbocycles. The number of alkyl halides is 1. The Hall–Kier alpha value is -0.800. The normalized spacial score (nSPS) is 15.8. The quantitative estimate of drug-likeness (QED) is 0.735. The Kier molecular flexibility index (Phi) is 4.84. The fraction of sp³-hybridized carbons (Fsp3) is 0.571. The Morgan fingerprint density at radius 2 is 2.22 bits per heavy atom. The zero-order chi connectivity index (χ0) is 13.0. The number of rotatable bonds is 6. The van der Waals surface area contributed by atoms with Crippen molar-refractivity contribution in [3.05, 3.63) is 29.6 Å². The van der Waals surface area contributed by atoms with Gasteiger partial charge in [0.15, 0.2) is 0 Å². The molecule has 0 radical (unpaired) electrons. The lowest BCUT2D eigenvalue weighted by Gasteiger charge is -2.37. The van der Waals surface area contributed by atoms with Gasteiger partial charge >= 0.3 is 0 Å². The van der Waals surface area contributed by atoms with Gasteiger partial charge in [-0.05, 0) is 18.9 Å². The van der Waals surface area contributed by atoms with Gasteiger partial charge < -0.3 is 4.74 Å². The van der Waals surface area contributed by atoms with E-state index in [1.54, 1.807) is 19.2 Å². The largest absolute Gasteiger partial charge is 0.497 e. The van der Waals surface area contributed by atoms with Crippen molar-refractivity contribution in [3.63, 3.8) is 0 Å². The number of ether oxygens (including phenoxy) is 1. The highest BCUT2D eigenvalue weighted by Crippen LogP contribution is 2.27. The third-order valence-corrected chi connectivity index (χ3v) is 3.77. The highest BCUT2D eigenvalue weighted by molar-refractivity contribution is 6.18. The van der Waals surface area contributed by atoms with Crippen molar-refractivity contribution in [3.8, 4) is 5.75 Å². The molecule has 1 fully saturated rings. The minimum Gasteiger partial charge on any atom is -0.497 e. The lowest BCUT2D eigenvalue weighted by Crippen LogP contribution is -2.40. The smallest absolute Gasteiger partial charge is 0.131 e. The molecule has 0 saturated heterocycles. The second kappa shape index (κ2) is 6.39. The molecule has 0 unspecified atom stereocenters. The van der Waals surface area contributed by atoms with Crippen LogP contribution in [0.3, 0.4) is 0 Å². The summed E-state index contributed by atoms with van der Waals surface area (Å²) in [6.07, 6.45) is 3.68. The maximum atomic E-state index is 13.9. The van der Waals surface area contributed by atoms with Gasteiger partial charge in [-0.25, -0.2) is 4.39 Å². The molecule has 1 aliphatic rings. The van der Waals surface area contributed by atoms with E-state index in [-0.39, 0.29) is 5.82 Å². The van der Waals surface area contributed by atoms with Gasteiger partial charge in [-0.2, -0.15) is 0 Å². The highest BCUT2D eigenvalue weighted by Gasteiger charge is 2.25. The minimum absolute atomic E-state index is 0.201. The number of nitrogens with zero attached hydrogens (tertiary/aromatic N) is 1. The van der Waals surface area contributed by atoms with E-state index in [9.17, 15) is 4.39 Å². The molecule has 1 saturated carbocycles. The number of halogens is 2. The molecule has 1 aromatic carbocycles. The fourth-order valence-electron chi connectivity index (χ4n) is 2.25. The third kappa shape index (κ3) is 3.15. The maximum Gasteiger partial charge on any atom is 0.131 e. The van der Waals surface area contributed by atoms with Crippen LogP contribution in [-0.2, 0) is 6.54 Å².